The van der Waals surface area contributed by atoms with Crippen LogP contribution in [0.25, 0.3) is 0 Å². The molecule has 2 N–H and O–H groups in total. The van der Waals surface area contributed by atoms with E-state index in [9.17, 15) is 4.39 Å². The highest BCUT2D eigenvalue weighted by molar-refractivity contribution is 5.29. The van der Waals surface area contributed by atoms with Gasteiger partial charge in [-0.05, 0) is 36.7 Å². The first kappa shape index (κ1) is 12.6. The molecule has 0 heterocycles. The fourth-order valence-corrected chi connectivity index (χ4v) is 1.73. The van der Waals surface area contributed by atoms with E-state index in [1.807, 2.05) is 24.3 Å². The largest absolute Gasteiger partial charge is 0.489 e. The first-order chi connectivity index (χ1) is 8.79. The summed E-state index contributed by atoms with van der Waals surface area (Å²) in [5.41, 5.74) is 7.19. The van der Waals surface area contributed by atoms with Crippen molar-refractivity contribution in [3.05, 3.63) is 65.5 Å². The predicted octanol–water partition coefficient (Wildman–Crippen LogP) is 2.91. The van der Waals surface area contributed by atoms with Crippen molar-refractivity contribution >= 4 is 0 Å². The molecule has 0 radical (unpaired) electrons. The molecule has 0 saturated heterocycles. The molecule has 2 rings (SSSR count). The summed E-state index contributed by atoms with van der Waals surface area (Å²) < 4.78 is 19.0. The van der Waals surface area contributed by atoms with E-state index < -0.39 is 0 Å². The van der Waals surface area contributed by atoms with Gasteiger partial charge in [0.05, 0.1) is 0 Å². The van der Waals surface area contributed by atoms with Gasteiger partial charge in [-0.1, -0.05) is 30.3 Å². The third kappa shape index (κ3) is 3.31. The lowest BCUT2D eigenvalue weighted by molar-refractivity contribution is 0.299. The molecular weight excluding hydrogens is 229 g/mol. The number of halogens is 1. The molecule has 0 aliphatic carbocycles. The van der Waals surface area contributed by atoms with Gasteiger partial charge in [0.1, 0.15) is 18.2 Å². The number of hydrogen-bond acceptors (Lipinski definition) is 2. The van der Waals surface area contributed by atoms with Crippen molar-refractivity contribution in [3.8, 4) is 5.75 Å². The molecule has 0 aromatic heterocycles. The van der Waals surface area contributed by atoms with E-state index >= 15 is 0 Å². The Labute approximate surface area is 106 Å². The van der Waals surface area contributed by atoms with Crippen molar-refractivity contribution in [2.24, 2.45) is 5.73 Å². The second-order valence-corrected chi connectivity index (χ2v) is 4.07. The Kier molecular flexibility index (Phi) is 4.31. The van der Waals surface area contributed by atoms with Crippen LogP contribution in [0.3, 0.4) is 0 Å². The van der Waals surface area contributed by atoms with Gasteiger partial charge in [-0.3, -0.25) is 0 Å². The Morgan fingerprint density at radius 1 is 1.06 bits per heavy atom. The average Bonchev–Trinajstić information content (AvgIpc) is 2.39. The van der Waals surface area contributed by atoms with E-state index in [2.05, 4.69) is 0 Å². The number of nitrogens with two attached hydrogens (primary N) is 1. The minimum Gasteiger partial charge on any atom is -0.489 e. The molecule has 0 bridgehead atoms. The molecule has 2 aromatic carbocycles. The SMILES string of the molecule is NCCc1cccc(OCc2ccccc2F)c1. The van der Waals surface area contributed by atoms with Gasteiger partial charge in [0.25, 0.3) is 0 Å². The maximum Gasteiger partial charge on any atom is 0.129 e. The second-order valence-electron chi connectivity index (χ2n) is 4.07. The van der Waals surface area contributed by atoms with Crippen molar-refractivity contribution < 1.29 is 9.13 Å². The molecule has 0 fully saturated rings. The van der Waals surface area contributed by atoms with Crippen LogP contribution < -0.4 is 10.5 Å². The van der Waals surface area contributed by atoms with Crippen molar-refractivity contribution in [1.29, 1.82) is 0 Å². The van der Waals surface area contributed by atoms with Crippen LogP contribution >= 0.6 is 0 Å². The van der Waals surface area contributed by atoms with Crippen LogP contribution in [-0.4, -0.2) is 6.54 Å². The third-order valence-electron chi connectivity index (χ3n) is 2.68. The van der Waals surface area contributed by atoms with Crippen molar-refractivity contribution in [2.75, 3.05) is 6.54 Å². The van der Waals surface area contributed by atoms with Gasteiger partial charge in [-0.2, -0.15) is 0 Å². The molecule has 18 heavy (non-hydrogen) atoms. The summed E-state index contributed by atoms with van der Waals surface area (Å²) in [6, 6.07) is 14.3. The molecule has 0 aliphatic rings. The van der Waals surface area contributed by atoms with Crippen molar-refractivity contribution in [1.82, 2.24) is 0 Å². The summed E-state index contributed by atoms with van der Waals surface area (Å²) in [5, 5.41) is 0. The Bertz CT molecular complexity index is 513. The summed E-state index contributed by atoms with van der Waals surface area (Å²) >= 11 is 0. The fraction of sp³-hybridized carbons (Fsp3) is 0.200. The smallest absolute Gasteiger partial charge is 0.129 e. The number of ether oxygens (including phenoxy) is 1. The molecule has 0 saturated carbocycles. The summed E-state index contributed by atoms with van der Waals surface area (Å²) in [5.74, 6) is 0.500. The third-order valence-corrected chi connectivity index (χ3v) is 2.68. The normalized spacial score (nSPS) is 10.3. The molecule has 0 spiro atoms. The molecule has 0 unspecified atom stereocenters. The quantitative estimate of drug-likeness (QED) is 0.879. The monoisotopic (exact) mass is 245 g/mol. The van der Waals surface area contributed by atoms with E-state index in [1.165, 1.54) is 6.07 Å². The van der Waals surface area contributed by atoms with E-state index in [0.29, 0.717) is 12.1 Å². The zero-order valence-electron chi connectivity index (χ0n) is 10.1. The predicted molar refractivity (Wildman–Crippen MR) is 69.9 cm³/mol. The molecule has 94 valence electrons. The topological polar surface area (TPSA) is 35.2 Å². The van der Waals surface area contributed by atoms with Gasteiger partial charge in [-0.25, -0.2) is 4.39 Å². The van der Waals surface area contributed by atoms with Crippen LogP contribution in [0.4, 0.5) is 4.39 Å². The maximum atomic E-state index is 13.4. The van der Waals surface area contributed by atoms with E-state index in [1.54, 1.807) is 18.2 Å². The number of hydrogen-bond donors (Lipinski definition) is 1. The summed E-state index contributed by atoms with van der Waals surface area (Å²) in [4.78, 5) is 0. The van der Waals surface area contributed by atoms with Crippen LogP contribution in [0.1, 0.15) is 11.1 Å². The Balaban J connectivity index is 2.02. The zero-order chi connectivity index (χ0) is 12.8. The van der Waals surface area contributed by atoms with E-state index in [0.717, 1.165) is 17.7 Å². The Morgan fingerprint density at radius 3 is 2.67 bits per heavy atom. The van der Waals surface area contributed by atoms with Crippen molar-refractivity contribution in [2.45, 2.75) is 13.0 Å². The summed E-state index contributed by atoms with van der Waals surface area (Å²) in [6.07, 6.45) is 0.816. The minimum atomic E-state index is -0.240. The molecular formula is C15H16FNO. The van der Waals surface area contributed by atoms with Crippen LogP contribution in [-0.2, 0) is 13.0 Å². The van der Waals surface area contributed by atoms with Gasteiger partial charge in [0.2, 0.25) is 0 Å². The molecule has 0 amide bonds. The fourth-order valence-electron chi connectivity index (χ4n) is 1.73. The average molecular weight is 245 g/mol. The highest BCUT2D eigenvalue weighted by Crippen LogP contribution is 2.16. The molecule has 3 heteroatoms. The highest BCUT2D eigenvalue weighted by atomic mass is 19.1. The maximum absolute atomic E-state index is 13.4. The summed E-state index contributed by atoms with van der Waals surface area (Å²) in [7, 11) is 0. The van der Waals surface area contributed by atoms with Crippen LogP contribution in [0.5, 0.6) is 5.75 Å². The van der Waals surface area contributed by atoms with Crippen molar-refractivity contribution in [3.63, 3.8) is 0 Å². The lowest BCUT2D eigenvalue weighted by Crippen LogP contribution is -2.03. The standard InChI is InChI=1S/C15H16FNO/c16-15-7-2-1-5-13(15)11-18-14-6-3-4-12(10-14)8-9-17/h1-7,10H,8-9,11,17H2. The lowest BCUT2D eigenvalue weighted by atomic mass is 10.1. The first-order valence-electron chi connectivity index (χ1n) is 5.95. The van der Waals surface area contributed by atoms with E-state index in [-0.39, 0.29) is 12.4 Å². The van der Waals surface area contributed by atoms with Gasteiger partial charge in [0, 0.05) is 5.56 Å². The number of rotatable bonds is 5. The highest BCUT2D eigenvalue weighted by Gasteiger charge is 2.02. The summed E-state index contributed by atoms with van der Waals surface area (Å²) in [6.45, 7) is 0.843. The van der Waals surface area contributed by atoms with Gasteiger partial charge in [0.15, 0.2) is 0 Å². The zero-order valence-corrected chi connectivity index (χ0v) is 10.1. The van der Waals surface area contributed by atoms with Crippen LogP contribution in [0.15, 0.2) is 48.5 Å². The second kappa shape index (κ2) is 6.17. The Morgan fingerprint density at radius 2 is 1.89 bits per heavy atom. The Hall–Kier alpha value is -1.87. The molecule has 0 aliphatic heterocycles. The lowest BCUT2D eigenvalue weighted by Gasteiger charge is -2.08. The van der Waals surface area contributed by atoms with E-state index in [4.69, 9.17) is 10.5 Å². The van der Waals surface area contributed by atoms with Crippen LogP contribution in [0, 0.1) is 5.82 Å². The van der Waals surface area contributed by atoms with Gasteiger partial charge < -0.3 is 10.5 Å². The van der Waals surface area contributed by atoms with Gasteiger partial charge >= 0.3 is 0 Å². The van der Waals surface area contributed by atoms with Crippen LogP contribution in [0.2, 0.25) is 0 Å². The molecule has 2 aromatic rings. The minimum absolute atomic E-state index is 0.235. The first-order valence-corrected chi connectivity index (χ1v) is 5.95. The number of benzene rings is 2. The van der Waals surface area contributed by atoms with Gasteiger partial charge in [-0.15, -0.1) is 0 Å². The molecule has 2 nitrogen and oxygen atoms in total. The molecule has 0 atom stereocenters.